The van der Waals surface area contributed by atoms with Crippen LogP contribution in [-0.4, -0.2) is 12.6 Å². The molecule has 25 heavy (non-hydrogen) atoms. The van der Waals surface area contributed by atoms with Gasteiger partial charge in [0.05, 0.1) is 0 Å². The highest BCUT2D eigenvalue weighted by molar-refractivity contribution is 5.86. The third-order valence-corrected chi connectivity index (χ3v) is 4.80. The number of benzene rings is 3. The first-order valence-corrected chi connectivity index (χ1v) is 8.37. The Morgan fingerprint density at radius 3 is 2.52 bits per heavy atom. The summed E-state index contributed by atoms with van der Waals surface area (Å²) in [6, 6.07) is 24.6. The van der Waals surface area contributed by atoms with E-state index in [0.717, 1.165) is 13.0 Å². The molecule has 0 aliphatic carbocycles. The highest BCUT2D eigenvalue weighted by atomic mass is 35.5. The topological polar surface area (TPSA) is 24.1 Å². The summed E-state index contributed by atoms with van der Waals surface area (Å²) in [6.45, 7) is 3.23. The minimum absolute atomic E-state index is 0. The van der Waals surface area contributed by atoms with Crippen LogP contribution in [0.2, 0.25) is 0 Å². The lowest BCUT2D eigenvalue weighted by Crippen LogP contribution is -2.33. The highest BCUT2D eigenvalue weighted by Crippen LogP contribution is 2.26. The summed E-state index contributed by atoms with van der Waals surface area (Å²) in [6.07, 6.45) is 1.10. The quantitative estimate of drug-likeness (QED) is 0.641. The molecule has 1 aliphatic heterocycles. The van der Waals surface area contributed by atoms with E-state index in [4.69, 9.17) is 0 Å². The molecule has 2 nitrogen and oxygen atoms in total. The Hall–Kier alpha value is -1.74. The van der Waals surface area contributed by atoms with Crippen LogP contribution in [0.1, 0.15) is 24.1 Å². The van der Waals surface area contributed by atoms with Gasteiger partial charge in [0, 0.05) is 24.3 Å². The largest absolute Gasteiger partial charge is 0.380 e. The van der Waals surface area contributed by atoms with Crippen LogP contribution in [0.15, 0.2) is 66.7 Å². The Morgan fingerprint density at radius 1 is 0.960 bits per heavy atom. The normalized spacial score (nSPS) is 16.3. The maximum absolute atomic E-state index is 3.71. The van der Waals surface area contributed by atoms with Crippen molar-refractivity contribution in [2.24, 2.45) is 0 Å². The van der Waals surface area contributed by atoms with Gasteiger partial charge in [0.1, 0.15) is 0 Å². The van der Waals surface area contributed by atoms with E-state index in [1.807, 2.05) is 0 Å². The number of rotatable bonds is 4. The zero-order chi connectivity index (χ0) is 15.6. The van der Waals surface area contributed by atoms with Gasteiger partial charge in [0.25, 0.3) is 0 Å². The summed E-state index contributed by atoms with van der Waals surface area (Å²) in [4.78, 5) is 0. The third kappa shape index (κ3) is 4.09. The lowest BCUT2D eigenvalue weighted by Gasteiger charge is -2.19. The van der Waals surface area contributed by atoms with E-state index in [-0.39, 0.29) is 24.8 Å². The molecule has 0 radical (unpaired) electrons. The Morgan fingerprint density at radius 2 is 1.68 bits per heavy atom. The highest BCUT2D eigenvalue weighted by Gasteiger charge is 2.20. The van der Waals surface area contributed by atoms with Crippen LogP contribution in [0.25, 0.3) is 10.8 Å². The van der Waals surface area contributed by atoms with Crippen LogP contribution in [0, 0.1) is 0 Å². The van der Waals surface area contributed by atoms with Crippen molar-refractivity contribution in [2.75, 3.05) is 11.9 Å². The zero-order valence-corrected chi connectivity index (χ0v) is 15.9. The number of hydrogen-bond donors (Lipinski definition) is 2. The molecule has 0 aromatic heterocycles. The molecule has 4 rings (SSSR count). The van der Waals surface area contributed by atoms with Gasteiger partial charge in [-0.3, -0.25) is 0 Å². The maximum Gasteiger partial charge on any atom is 0.0427 e. The van der Waals surface area contributed by atoms with Gasteiger partial charge >= 0.3 is 0 Å². The lowest BCUT2D eigenvalue weighted by molar-refractivity contribution is 0.541. The molecule has 0 bridgehead atoms. The Balaban J connectivity index is 0.00000113. The van der Waals surface area contributed by atoms with Gasteiger partial charge in [0.15, 0.2) is 0 Å². The van der Waals surface area contributed by atoms with Crippen molar-refractivity contribution in [2.45, 2.75) is 25.4 Å². The second kappa shape index (κ2) is 8.57. The summed E-state index contributed by atoms with van der Waals surface area (Å²) in [5.41, 5.74) is 4.09. The minimum atomic E-state index is 0. The molecule has 1 heterocycles. The first-order valence-electron chi connectivity index (χ1n) is 8.37. The smallest absolute Gasteiger partial charge is 0.0427 e. The second-order valence-corrected chi connectivity index (χ2v) is 6.40. The first-order chi connectivity index (χ1) is 11.3. The number of fused-ring (bicyclic) bond motifs is 2. The van der Waals surface area contributed by atoms with E-state index in [1.165, 1.54) is 27.6 Å². The van der Waals surface area contributed by atoms with E-state index in [2.05, 4.69) is 84.3 Å². The predicted molar refractivity (Wildman–Crippen MR) is 112 cm³/mol. The van der Waals surface area contributed by atoms with Crippen molar-refractivity contribution in [1.29, 1.82) is 0 Å². The van der Waals surface area contributed by atoms with Crippen molar-refractivity contribution in [3.05, 3.63) is 77.9 Å². The standard InChI is InChI=1S/C21H22N2.2ClH/c1-15(19-11-6-9-16-7-2-4-10-20(16)19)22-14-18-13-17-8-3-5-12-21(17)23-18;;/h2-12,15,18,22-23H,13-14H2,1H3;2*1H. The average Bonchev–Trinajstić information content (AvgIpc) is 3.02. The van der Waals surface area contributed by atoms with Crippen LogP contribution < -0.4 is 10.6 Å². The molecule has 3 aromatic rings. The fraction of sp³-hybridized carbons (Fsp3) is 0.238. The first kappa shape index (κ1) is 19.6. The minimum Gasteiger partial charge on any atom is -0.380 e. The van der Waals surface area contributed by atoms with Crippen molar-refractivity contribution in [3.8, 4) is 0 Å². The molecule has 0 saturated heterocycles. The molecule has 4 heteroatoms. The summed E-state index contributed by atoms with van der Waals surface area (Å²) in [7, 11) is 0. The van der Waals surface area contributed by atoms with E-state index >= 15 is 0 Å². The molecule has 3 aromatic carbocycles. The summed E-state index contributed by atoms with van der Waals surface area (Å²) < 4.78 is 0. The van der Waals surface area contributed by atoms with Crippen molar-refractivity contribution < 1.29 is 0 Å². The van der Waals surface area contributed by atoms with Gasteiger partial charge in [-0.1, -0.05) is 60.7 Å². The summed E-state index contributed by atoms with van der Waals surface area (Å²) >= 11 is 0. The van der Waals surface area contributed by atoms with E-state index in [9.17, 15) is 0 Å². The van der Waals surface area contributed by atoms with E-state index in [0.29, 0.717) is 12.1 Å². The maximum atomic E-state index is 3.71. The number of halogens is 2. The van der Waals surface area contributed by atoms with Gasteiger partial charge < -0.3 is 10.6 Å². The molecule has 2 unspecified atom stereocenters. The van der Waals surface area contributed by atoms with E-state index < -0.39 is 0 Å². The van der Waals surface area contributed by atoms with Gasteiger partial charge in [-0.25, -0.2) is 0 Å². The van der Waals surface area contributed by atoms with Crippen LogP contribution in [-0.2, 0) is 6.42 Å². The Kier molecular flexibility index (Phi) is 6.71. The molecule has 0 amide bonds. The number of nitrogens with one attached hydrogen (secondary N) is 2. The summed E-state index contributed by atoms with van der Waals surface area (Å²) in [5, 5.41) is 9.98. The van der Waals surface area contributed by atoms with Crippen molar-refractivity contribution >= 4 is 41.3 Å². The number of hydrogen-bond acceptors (Lipinski definition) is 2. The third-order valence-electron chi connectivity index (χ3n) is 4.80. The molecule has 0 saturated carbocycles. The molecule has 2 N–H and O–H groups in total. The molecule has 0 spiro atoms. The molecular weight excluding hydrogens is 351 g/mol. The molecule has 1 aliphatic rings. The zero-order valence-electron chi connectivity index (χ0n) is 14.2. The van der Waals surface area contributed by atoms with Gasteiger partial charge in [-0.05, 0) is 41.3 Å². The van der Waals surface area contributed by atoms with E-state index in [1.54, 1.807) is 0 Å². The number of anilines is 1. The van der Waals surface area contributed by atoms with Crippen LogP contribution in [0.5, 0.6) is 0 Å². The van der Waals surface area contributed by atoms with Crippen molar-refractivity contribution in [3.63, 3.8) is 0 Å². The van der Waals surface area contributed by atoms with Gasteiger partial charge in [-0.2, -0.15) is 0 Å². The average molecular weight is 375 g/mol. The molecule has 132 valence electrons. The Labute approximate surface area is 161 Å². The van der Waals surface area contributed by atoms with Crippen molar-refractivity contribution in [1.82, 2.24) is 5.32 Å². The van der Waals surface area contributed by atoms with Crippen LogP contribution in [0.3, 0.4) is 0 Å². The fourth-order valence-electron chi connectivity index (χ4n) is 3.56. The monoisotopic (exact) mass is 374 g/mol. The lowest BCUT2D eigenvalue weighted by atomic mass is 9.99. The van der Waals surface area contributed by atoms with Gasteiger partial charge in [-0.15, -0.1) is 24.8 Å². The SMILES string of the molecule is CC(NCC1Cc2ccccc2N1)c1cccc2ccccc12.Cl.Cl. The van der Waals surface area contributed by atoms with Crippen LogP contribution in [0.4, 0.5) is 5.69 Å². The molecule has 0 fully saturated rings. The Bertz CT molecular complexity index is 804. The second-order valence-electron chi connectivity index (χ2n) is 6.40. The molecular formula is C21H24Cl2N2. The van der Waals surface area contributed by atoms with Gasteiger partial charge in [0.2, 0.25) is 0 Å². The van der Waals surface area contributed by atoms with Crippen LogP contribution >= 0.6 is 24.8 Å². The summed E-state index contributed by atoms with van der Waals surface area (Å²) in [5.74, 6) is 0. The number of para-hydroxylation sites is 1. The molecule has 2 atom stereocenters. The predicted octanol–water partition coefficient (Wildman–Crippen LogP) is 5.37. The fourth-order valence-corrected chi connectivity index (χ4v) is 3.56.